The van der Waals surface area contributed by atoms with Crippen LogP contribution in [0, 0.1) is 0 Å². The van der Waals surface area contributed by atoms with E-state index in [1.165, 1.54) is 19.3 Å². The van der Waals surface area contributed by atoms with Gasteiger partial charge in [-0.1, -0.05) is 19.3 Å². The third-order valence-corrected chi connectivity index (χ3v) is 3.10. The van der Waals surface area contributed by atoms with Crippen molar-refractivity contribution in [2.24, 2.45) is 0 Å². The van der Waals surface area contributed by atoms with E-state index in [0.29, 0.717) is 12.6 Å². The highest BCUT2D eigenvalue weighted by Gasteiger charge is 2.28. The number of nitrogens with zero attached hydrogens (tertiary/aromatic N) is 1. The quantitative estimate of drug-likeness (QED) is 0.597. The molecule has 3 nitrogen and oxygen atoms in total. The molecule has 1 saturated carbocycles. The Morgan fingerprint density at radius 1 is 1.47 bits per heavy atom. The Kier molecular flexibility index (Phi) is 5.29. The first kappa shape index (κ1) is 12.7. The Morgan fingerprint density at radius 2 is 2.07 bits per heavy atom. The van der Waals surface area contributed by atoms with Gasteiger partial charge in [0.15, 0.2) is 0 Å². The monoisotopic (exact) mass is 231 g/mol. The van der Waals surface area contributed by atoms with E-state index in [0.717, 1.165) is 12.8 Å². The highest BCUT2D eigenvalue weighted by Crippen LogP contribution is 2.25. The summed E-state index contributed by atoms with van der Waals surface area (Å²) in [7, 11) is 0. The topological polar surface area (TPSA) is 29.5 Å². The Balaban J connectivity index is 2.59. The number of ether oxygens (including phenoxy) is 1. The van der Waals surface area contributed by atoms with Crippen LogP contribution in [-0.2, 0) is 4.74 Å². The lowest BCUT2D eigenvalue weighted by molar-refractivity contribution is 0.0783. The summed E-state index contributed by atoms with van der Waals surface area (Å²) >= 11 is 4.36. The Bertz CT molecular complexity index is 203. The van der Waals surface area contributed by atoms with Gasteiger partial charge in [-0.05, 0) is 26.7 Å². The Labute approximate surface area is 97.6 Å². The molecule has 1 fully saturated rings. The summed E-state index contributed by atoms with van der Waals surface area (Å²) in [5.41, 5.74) is 0. The lowest BCUT2D eigenvalue weighted by atomic mass is 9.94. The Hall–Kier alpha value is -0.380. The van der Waals surface area contributed by atoms with Crippen molar-refractivity contribution < 1.29 is 9.53 Å². The highest BCUT2D eigenvalue weighted by molar-refractivity contribution is 7.80. The van der Waals surface area contributed by atoms with Gasteiger partial charge in [0.05, 0.1) is 12.0 Å². The van der Waals surface area contributed by atoms with Gasteiger partial charge in [0.1, 0.15) is 0 Å². The standard InChI is InChI=1S/C11H21NO2S/c1-3-14-11(13)12(9(2)15)10-7-5-4-6-8-10/h9-10,15H,3-8H2,1-2H3. The molecule has 0 radical (unpaired) electrons. The minimum Gasteiger partial charge on any atom is -0.450 e. The molecule has 88 valence electrons. The number of amides is 1. The summed E-state index contributed by atoms with van der Waals surface area (Å²) in [6.45, 7) is 4.19. The average Bonchev–Trinajstić information content (AvgIpc) is 2.19. The van der Waals surface area contributed by atoms with E-state index in [2.05, 4.69) is 12.6 Å². The zero-order valence-electron chi connectivity index (χ0n) is 9.61. The van der Waals surface area contributed by atoms with Crippen LogP contribution in [0.2, 0.25) is 0 Å². The zero-order chi connectivity index (χ0) is 11.3. The minimum absolute atomic E-state index is 0.0628. The van der Waals surface area contributed by atoms with Crippen molar-refractivity contribution >= 4 is 18.7 Å². The fourth-order valence-corrected chi connectivity index (χ4v) is 2.45. The molecule has 0 aliphatic heterocycles. The van der Waals surface area contributed by atoms with E-state index >= 15 is 0 Å². The number of thiol groups is 1. The number of rotatable bonds is 3. The van der Waals surface area contributed by atoms with E-state index < -0.39 is 0 Å². The van der Waals surface area contributed by atoms with Crippen molar-refractivity contribution in [3.63, 3.8) is 0 Å². The molecule has 0 aromatic carbocycles. The molecular formula is C11H21NO2S. The van der Waals surface area contributed by atoms with Gasteiger partial charge in [-0.15, -0.1) is 0 Å². The molecule has 1 unspecified atom stereocenters. The first-order valence-electron chi connectivity index (χ1n) is 5.80. The molecule has 1 rings (SSSR count). The summed E-state index contributed by atoms with van der Waals surface area (Å²) in [5.74, 6) is 0. The van der Waals surface area contributed by atoms with E-state index in [9.17, 15) is 4.79 Å². The van der Waals surface area contributed by atoms with Crippen molar-refractivity contribution in [1.29, 1.82) is 0 Å². The van der Waals surface area contributed by atoms with Crippen molar-refractivity contribution in [3.05, 3.63) is 0 Å². The van der Waals surface area contributed by atoms with Gasteiger partial charge in [-0.2, -0.15) is 12.6 Å². The predicted molar refractivity (Wildman–Crippen MR) is 64.2 cm³/mol. The second kappa shape index (κ2) is 6.26. The van der Waals surface area contributed by atoms with Crippen molar-refractivity contribution in [2.45, 2.75) is 57.4 Å². The van der Waals surface area contributed by atoms with E-state index in [-0.39, 0.29) is 11.5 Å². The van der Waals surface area contributed by atoms with Crippen molar-refractivity contribution in [2.75, 3.05) is 6.61 Å². The average molecular weight is 231 g/mol. The lowest BCUT2D eigenvalue weighted by Crippen LogP contribution is -2.45. The van der Waals surface area contributed by atoms with Crippen LogP contribution in [0.25, 0.3) is 0 Å². The van der Waals surface area contributed by atoms with Gasteiger partial charge in [0.2, 0.25) is 0 Å². The molecule has 0 bridgehead atoms. The van der Waals surface area contributed by atoms with Crippen LogP contribution in [0.4, 0.5) is 4.79 Å². The molecule has 1 aliphatic rings. The Morgan fingerprint density at radius 3 is 2.53 bits per heavy atom. The normalized spacial score (nSPS) is 19.7. The summed E-state index contributed by atoms with van der Waals surface area (Å²) in [4.78, 5) is 13.5. The van der Waals surface area contributed by atoms with Crippen LogP contribution < -0.4 is 0 Å². The second-order valence-electron chi connectivity index (χ2n) is 4.03. The van der Waals surface area contributed by atoms with Crippen molar-refractivity contribution in [1.82, 2.24) is 4.90 Å². The van der Waals surface area contributed by atoms with Crippen LogP contribution >= 0.6 is 12.6 Å². The van der Waals surface area contributed by atoms with E-state index in [1.807, 2.05) is 13.8 Å². The van der Waals surface area contributed by atoms with Gasteiger partial charge >= 0.3 is 6.09 Å². The summed E-state index contributed by atoms with van der Waals surface area (Å²) in [5, 5.41) is -0.0628. The maximum atomic E-state index is 11.7. The number of hydrogen-bond donors (Lipinski definition) is 1. The molecule has 1 aliphatic carbocycles. The van der Waals surface area contributed by atoms with Gasteiger partial charge in [-0.25, -0.2) is 4.79 Å². The van der Waals surface area contributed by atoms with Gasteiger partial charge in [0.25, 0.3) is 0 Å². The van der Waals surface area contributed by atoms with Crippen molar-refractivity contribution in [3.8, 4) is 0 Å². The summed E-state index contributed by atoms with van der Waals surface area (Å²) < 4.78 is 5.06. The second-order valence-corrected chi connectivity index (χ2v) is 4.78. The fraction of sp³-hybridized carbons (Fsp3) is 0.909. The maximum absolute atomic E-state index is 11.7. The third-order valence-electron chi connectivity index (χ3n) is 2.85. The largest absolute Gasteiger partial charge is 0.450 e. The van der Waals surface area contributed by atoms with Crippen LogP contribution in [0.3, 0.4) is 0 Å². The van der Waals surface area contributed by atoms with E-state index in [4.69, 9.17) is 4.74 Å². The lowest BCUT2D eigenvalue weighted by Gasteiger charge is -2.35. The number of carbonyl (C=O) groups excluding carboxylic acids is 1. The molecule has 0 N–H and O–H groups in total. The van der Waals surface area contributed by atoms with Crippen LogP contribution in [0.5, 0.6) is 0 Å². The molecule has 15 heavy (non-hydrogen) atoms. The molecule has 0 spiro atoms. The third kappa shape index (κ3) is 3.59. The molecule has 4 heteroatoms. The SMILES string of the molecule is CCOC(=O)N(C(C)S)C1CCCCC1. The smallest absolute Gasteiger partial charge is 0.410 e. The predicted octanol–water partition coefficient (Wildman–Crippen LogP) is 3.05. The molecule has 0 aromatic heterocycles. The minimum atomic E-state index is -0.216. The fourth-order valence-electron chi connectivity index (χ4n) is 2.16. The number of carbonyl (C=O) groups is 1. The highest BCUT2D eigenvalue weighted by atomic mass is 32.1. The van der Waals surface area contributed by atoms with Crippen LogP contribution in [0.15, 0.2) is 0 Å². The maximum Gasteiger partial charge on any atom is 0.410 e. The first-order valence-corrected chi connectivity index (χ1v) is 6.31. The molecule has 1 amide bonds. The molecule has 0 aromatic rings. The number of hydrogen-bond acceptors (Lipinski definition) is 3. The molecule has 1 atom stereocenters. The molecular weight excluding hydrogens is 210 g/mol. The van der Waals surface area contributed by atoms with Crippen LogP contribution in [-0.4, -0.2) is 29.0 Å². The molecule has 0 heterocycles. The first-order chi connectivity index (χ1) is 7.16. The van der Waals surface area contributed by atoms with Gasteiger partial charge < -0.3 is 4.74 Å². The zero-order valence-corrected chi connectivity index (χ0v) is 10.5. The van der Waals surface area contributed by atoms with Crippen LogP contribution in [0.1, 0.15) is 46.0 Å². The summed E-state index contributed by atoms with van der Waals surface area (Å²) in [6, 6.07) is 0.324. The molecule has 0 saturated heterocycles. The van der Waals surface area contributed by atoms with Gasteiger partial charge in [-0.3, -0.25) is 4.90 Å². The van der Waals surface area contributed by atoms with Gasteiger partial charge in [0, 0.05) is 6.04 Å². The summed E-state index contributed by atoms with van der Waals surface area (Å²) in [6.07, 6.45) is 5.66. The van der Waals surface area contributed by atoms with E-state index in [1.54, 1.807) is 4.90 Å².